The van der Waals surface area contributed by atoms with Gasteiger partial charge in [-0.2, -0.15) is 0 Å². The van der Waals surface area contributed by atoms with Gasteiger partial charge in [-0.1, -0.05) is 0 Å². The van der Waals surface area contributed by atoms with Crippen molar-refractivity contribution in [1.29, 1.82) is 0 Å². The minimum atomic E-state index is 0.0187. The average Bonchev–Trinajstić information content (AvgIpc) is 2.82. The number of ether oxygens (including phenoxy) is 3. The Kier molecular flexibility index (Phi) is 9.15. The van der Waals surface area contributed by atoms with Gasteiger partial charge in [0.15, 0.2) is 0 Å². The third kappa shape index (κ3) is 7.21. The van der Waals surface area contributed by atoms with Gasteiger partial charge in [0.2, 0.25) is 5.91 Å². The van der Waals surface area contributed by atoms with Gasteiger partial charge in [0, 0.05) is 58.8 Å². The van der Waals surface area contributed by atoms with E-state index in [9.17, 15) is 9.59 Å². The summed E-state index contributed by atoms with van der Waals surface area (Å²) in [5.74, 6) is 0.923. The molecule has 0 N–H and O–H groups in total. The van der Waals surface area contributed by atoms with Gasteiger partial charge >= 0.3 is 0 Å². The molecule has 2 aliphatic heterocycles. The highest BCUT2D eigenvalue weighted by atomic mass is 16.5. The molecule has 0 aromatic heterocycles. The maximum absolute atomic E-state index is 12.7. The molecule has 2 heterocycles. The van der Waals surface area contributed by atoms with Crippen molar-refractivity contribution >= 4 is 11.8 Å². The van der Waals surface area contributed by atoms with Crippen LogP contribution in [-0.2, 0) is 14.3 Å². The lowest BCUT2D eigenvalue weighted by atomic mass is 10.1. The highest BCUT2D eigenvalue weighted by molar-refractivity contribution is 5.94. The van der Waals surface area contributed by atoms with Crippen LogP contribution >= 0.6 is 0 Å². The first-order valence-electron chi connectivity index (χ1n) is 11.5. The molecule has 0 radical (unpaired) electrons. The predicted molar refractivity (Wildman–Crippen MR) is 118 cm³/mol. The normalized spacial score (nSPS) is 19.8. The Morgan fingerprint density at radius 3 is 2.52 bits per heavy atom. The largest absolute Gasteiger partial charge is 0.490 e. The number of amides is 2. The quantitative estimate of drug-likeness (QED) is 0.600. The van der Waals surface area contributed by atoms with Gasteiger partial charge in [0.1, 0.15) is 11.9 Å². The van der Waals surface area contributed by atoms with Gasteiger partial charge < -0.3 is 24.0 Å². The molecule has 0 bridgehead atoms. The summed E-state index contributed by atoms with van der Waals surface area (Å²) in [7, 11) is 3.45. The zero-order chi connectivity index (χ0) is 22.1. The molecule has 2 saturated heterocycles. The first kappa shape index (κ1) is 23.5. The number of nitrogens with zero attached hydrogens (tertiary/aromatic N) is 2. The number of likely N-dealkylation sites (tertiary alicyclic amines) is 1. The van der Waals surface area contributed by atoms with Gasteiger partial charge in [0.05, 0.1) is 19.1 Å². The number of benzene rings is 1. The van der Waals surface area contributed by atoms with E-state index in [-0.39, 0.29) is 24.0 Å². The number of rotatable bonds is 9. The summed E-state index contributed by atoms with van der Waals surface area (Å²) in [4.78, 5) is 28.4. The molecule has 7 heteroatoms. The van der Waals surface area contributed by atoms with Gasteiger partial charge in [-0.15, -0.1) is 0 Å². The summed E-state index contributed by atoms with van der Waals surface area (Å²) in [5, 5.41) is 0. The van der Waals surface area contributed by atoms with E-state index in [4.69, 9.17) is 14.2 Å². The Balaban J connectivity index is 1.41. The van der Waals surface area contributed by atoms with E-state index in [0.717, 1.165) is 44.5 Å². The lowest BCUT2D eigenvalue weighted by molar-refractivity contribution is -0.133. The van der Waals surface area contributed by atoms with Gasteiger partial charge in [-0.25, -0.2) is 0 Å². The number of hydrogen-bond donors (Lipinski definition) is 0. The first-order valence-corrected chi connectivity index (χ1v) is 11.5. The molecule has 1 unspecified atom stereocenters. The van der Waals surface area contributed by atoms with Crippen molar-refractivity contribution in [3.63, 3.8) is 0 Å². The third-order valence-corrected chi connectivity index (χ3v) is 6.13. The topological polar surface area (TPSA) is 68.3 Å². The standard InChI is InChI=1S/C24H36N2O5/c1-25(14-10-20-5-3-4-17-30-20)24(28)19-6-8-21(9-7-19)31-22-11-15-26(16-12-22)23(27)13-18-29-2/h6-9,20,22H,3-5,10-18H2,1-2H3. The van der Waals surface area contributed by atoms with Crippen LogP contribution in [0.2, 0.25) is 0 Å². The van der Waals surface area contributed by atoms with E-state index < -0.39 is 0 Å². The molecule has 2 fully saturated rings. The highest BCUT2D eigenvalue weighted by Gasteiger charge is 2.24. The Morgan fingerprint density at radius 1 is 1.13 bits per heavy atom. The van der Waals surface area contributed by atoms with Crippen LogP contribution in [0.5, 0.6) is 5.75 Å². The van der Waals surface area contributed by atoms with Crippen molar-refractivity contribution in [2.45, 2.75) is 57.2 Å². The monoisotopic (exact) mass is 432 g/mol. The number of carbonyl (C=O) groups is 2. The van der Waals surface area contributed by atoms with E-state index in [1.165, 1.54) is 6.42 Å². The minimum absolute atomic E-state index is 0.0187. The van der Waals surface area contributed by atoms with Crippen molar-refractivity contribution in [2.24, 2.45) is 0 Å². The molecular formula is C24H36N2O5. The summed E-state index contributed by atoms with van der Waals surface area (Å²) in [6.07, 6.45) is 6.76. The first-order chi connectivity index (χ1) is 15.1. The molecule has 0 spiro atoms. The summed E-state index contributed by atoms with van der Waals surface area (Å²) < 4.78 is 16.8. The van der Waals surface area contributed by atoms with Gasteiger partial charge in [-0.3, -0.25) is 9.59 Å². The SMILES string of the molecule is COCCC(=O)N1CCC(Oc2ccc(C(=O)N(C)CCC3CCCCO3)cc2)CC1. The summed E-state index contributed by atoms with van der Waals surface area (Å²) in [5.41, 5.74) is 0.665. The van der Waals surface area contributed by atoms with E-state index >= 15 is 0 Å². The average molecular weight is 433 g/mol. The Bertz CT molecular complexity index is 694. The van der Waals surface area contributed by atoms with Crippen LogP contribution in [0.1, 0.15) is 55.3 Å². The molecule has 1 atom stereocenters. The fourth-order valence-corrected chi connectivity index (χ4v) is 4.13. The third-order valence-electron chi connectivity index (χ3n) is 6.13. The molecule has 31 heavy (non-hydrogen) atoms. The van der Waals surface area contributed by atoms with Crippen molar-refractivity contribution in [3.05, 3.63) is 29.8 Å². The molecule has 0 aliphatic carbocycles. The van der Waals surface area contributed by atoms with Crippen LogP contribution in [0.4, 0.5) is 0 Å². The number of hydrogen-bond acceptors (Lipinski definition) is 5. The van der Waals surface area contributed by atoms with E-state index in [2.05, 4.69) is 0 Å². The number of piperidine rings is 1. The molecular weight excluding hydrogens is 396 g/mol. The van der Waals surface area contributed by atoms with Crippen LogP contribution < -0.4 is 4.74 Å². The van der Waals surface area contributed by atoms with Crippen molar-refractivity contribution in [1.82, 2.24) is 9.80 Å². The Morgan fingerprint density at radius 2 is 1.87 bits per heavy atom. The van der Waals surface area contributed by atoms with Crippen LogP contribution in [0.3, 0.4) is 0 Å². The summed E-state index contributed by atoms with van der Waals surface area (Å²) >= 11 is 0. The lowest BCUT2D eigenvalue weighted by Crippen LogP contribution is -2.42. The molecule has 0 saturated carbocycles. The molecule has 3 rings (SSSR count). The Hall–Kier alpha value is -2.12. The maximum atomic E-state index is 12.7. The molecule has 1 aromatic rings. The van der Waals surface area contributed by atoms with E-state index in [0.29, 0.717) is 38.2 Å². The van der Waals surface area contributed by atoms with Crippen molar-refractivity contribution < 1.29 is 23.8 Å². The zero-order valence-corrected chi connectivity index (χ0v) is 18.9. The van der Waals surface area contributed by atoms with Crippen LogP contribution in [0.15, 0.2) is 24.3 Å². The predicted octanol–water partition coefficient (Wildman–Crippen LogP) is 3.12. The number of methoxy groups -OCH3 is 1. The van der Waals surface area contributed by atoms with Crippen LogP contribution in [-0.4, -0.2) is 80.8 Å². The molecule has 2 aliphatic rings. The molecule has 2 amide bonds. The summed E-state index contributed by atoms with van der Waals surface area (Å²) in [6, 6.07) is 7.38. The van der Waals surface area contributed by atoms with Gasteiger partial charge in [-0.05, 0) is 49.9 Å². The maximum Gasteiger partial charge on any atom is 0.253 e. The van der Waals surface area contributed by atoms with Gasteiger partial charge in [0.25, 0.3) is 5.91 Å². The minimum Gasteiger partial charge on any atom is -0.490 e. The van der Waals surface area contributed by atoms with Crippen LogP contribution in [0, 0.1) is 0 Å². The highest BCUT2D eigenvalue weighted by Crippen LogP contribution is 2.21. The fourth-order valence-electron chi connectivity index (χ4n) is 4.13. The van der Waals surface area contributed by atoms with Crippen LogP contribution in [0.25, 0.3) is 0 Å². The molecule has 1 aromatic carbocycles. The van der Waals surface area contributed by atoms with Crippen molar-refractivity contribution in [3.8, 4) is 5.75 Å². The smallest absolute Gasteiger partial charge is 0.253 e. The molecule has 172 valence electrons. The fraction of sp³-hybridized carbons (Fsp3) is 0.667. The molecule has 7 nitrogen and oxygen atoms in total. The second-order valence-electron chi connectivity index (χ2n) is 8.47. The summed E-state index contributed by atoms with van der Waals surface area (Å²) in [6.45, 7) is 3.42. The second-order valence-corrected chi connectivity index (χ2v) is 8.47. The zero-order valence-electron chi connectivity index (χ0n) is 18.9. The Labute approximate surface area is 185 Å². The second kappa shape index (κ2) is 12.1. The van der Waals surface area contributed by atoms with Crippen molar-refractivity contribution in [2.75, 3.05) is 47.0 Å². The lowest BCUT2D eigenvalue weighted by Gasteiger charge is -2.32. The number of carbonyl (C=O) groups excluding carboxylic acids is 2. The van der Waals surface area contributed by atoms with E-state index in [1.54, 1.807) is 12.0 Å². The van der Waals surface area contributed by atoms with E-state index in [1.807, 2.05) is 36.2 Å².